The van der Waals surface area contributed by atoms with Gasteiger partial charge in [0.05, 0.1) is 0 Å². The van der Waals surface area contributed by atoms with Crippen LogP contribution >= 0.6 is 27.3 Å². The lowest BCUT2D eigenvalue weighted by Gasteiger charge is -2.17. The van der Waals surface area contributed by atoms with Gasteiger partial charge < -0.3 is 5.32 Å². The number of halogens is 1. The summed E-state index contributed by atoms with van der Waals surface area (Å²) in [6.45, 7) is 4.32. The first kappa shape index (κ1) is 13.8. The zero-order chi connectivity index (χ0) is 13.1. The zero-order valence-corrected chi connectivity index (χ0v) is 13.4. The Morgan fingerprint density at radius 2 is 1.83 bits per heavy atom. The van der Waals surface area contributed by atoms with Crippen LogP contribution in [0.1, 0.15) is 27.6 Å². The maximum Gasteiger partial charge on any atom is 0.0366 e. The van der Waals surface area contributed by atoms with E-state index in [-0.39, 0.29) is 0 Å². The molecule has 1 nitrogen and oxygen atoms in total. The lowest BCUT2D eigenvalue weighted by molar-refractivity contribution is 0.596. The summed E-state index contributed by atoms with van der Waals surface area (Å²) in [5, 5.41) is 5.56. The molecule has 0 radical (unpaired) electrons. The first-order chi connectivity index (χ1) is 8.58. The predicted octanol–water partition coefficient (Wildman–Crippen LogP) is 4.63. The molecule has 0 aliphatic carbocycles. The van der Waals surface area contributed by atoms with Gasteiger partial charge in [0.25, 0.3) is 0 Å². The minimum absolute atomic E-state index is 0.383. The van der Waals surface area contributed by atoms with Crippen LogP contribution in [0.25, 0.3) is 0 Å². The van der Waals surface area contributed by atoms with E-state index in [1.54, 1.807) is 0 Å². The van der Waals surface area contributed by atoms with Crippen LogP contribution in [-0.2, 0) is 6.42 Å². The minimum atomic E-state index is 0.383. The average molecular weight is 324 g/mol. The lowest BCUT2D eigenvalue weighted by Crippen LogP contribution is -2.18. The van der Waals surface area contributed by atoms with Crippen molar-refractivity contribution in [2.24, 2.45) is 0 Å². The van der Waals surface area contributed by atoms with Crippen molar-refractivity contribution in [2.75, 3.05) is 7.05 Å². The summed E-state index contributed by atoms with van der Waals surface area (Å²) in [7, 11) is 2.03. The van der Waals surface area contributed by atoms with E-state index in [1.807, 2.05) is 18.4 Å². The van der Waals surface area contributed by atoms with Crippen molar-refractivity contribution in [2.45, 2.75) is 26.3 Å². The molecule has 1 aromatic heterocycles. The summed E-state index contributed by atoms with van der Waals surface area (Å²) in [4.78, 5) is 1.40. The molecular weight excluding hydrogens is 306 g/mol. The average Bonchev–Trinajstić information content (AvgIpc) is 2.70. The highest BCUT2D eigenvalue weighted by Gasteiger charge is 2.12. The minimum Gasteiger partial charge on any atom is -0.313 e. The summed E-state index contributed by atoms with van der Waals surface area (Å²) in [5.74, 6) is 0. The maximum absolute atomic E-state index is 3.51. The summed E-state index contributed by atoms with van der Waals surface area (Å²) in [6, 6.07) is 9.36. The predicted molar refractivity (Wildman–Crippen MR) is 83.4 cm³/mol. The maximum atomic E-state index is 3.51. The Bertz CT molecular complexity index is 513. The molecule has 0 spiro atoms. The third kappa shape index (κ3) is 3.44. The number of nitrogens with one attached hydrogen (secondary N) is 1. The van der Waals surface area contributed by atoms with Gasteiger partial charge >= 0.3 is 0 Å². The second-order valence-electron chi connectivity index (χ2n) is 4.70. The second kappa shape index (κ2) is 6.00. The molecule has 3 heteroatoms. The van der Waals surface area contributed by atoms with Gasteiger partial charge in [0.2, 0.25) is 0 Å². The molecule has 96 valence electrons. The molecule has 1 unspecified atom stereocenters. The molecule has 1 heterocycles. The van der Waals surface area contributed by atoms with E-state index < -0.39 is 0 Å². The van der Waals surface area contributed by atoms with E-state index in [9.17, 15) is 0 Å². The molecule has 1 atom stereocenters. The number of hydrogen-bond donors (Lipinski definition) is 1. The van der Waals surface area contributed by atoms with Gasteiger partial charge in [-0.25, -0.2) is 0 Å². The first-order valence-corrected chi connectivity index (χ1v) is 7.74. The second-order valence-corrected chi connectivity index (χ2v) is 6.61. The molecular formula is C15H18BrNS. The Kier molecular flexibility index (Phi) is 4.60. The topological polar surface area (TPSA) is 12.0 Å². The van der Waals surface area contributed by atoms with Crippen molar-refractivity contribution in [3.63, 3.8) is 0 Å². The molecule has 0 saturated heterocycles. The van der Waals surface area contributed by atoms with Gasteiger partial charge in [-0.1, -0.05) is 29.3 Å². The third-order valence-electron chi connectivity index (χ3n) is 3.02. The molecule has 0 aliphatic rings. The smallest absolute Gasteiger partial charge is 0.0366 e. The standard InChI is InChI=1S/C15H18BrNS/c1-10-4-11(2)6-12(5-10)15(17-3)8-14-7-13(16)9-18-14/h4-7,9,15,17H,8H2,1-3H3. The number of benzene rings is 1. The van der Waals surface area contributed by atoms with Gasteiger partial charge in [-0.2, -0.15) is 0 Å². The Hall–Kier alpha value is -0.640. The van der Waals surface area contributed by atoms with Crippen LogP contribution < -0.4 is 5.32 Å². The highest BCUT2D eigenvalue weighted by atomic mass is 79.9. The molecule has 0 bridgehead atoms. The van der Waals surface area contributed by atoms with Gasteiger partial charge in [-0.05, 0) is 48.5 Å². The van der Waals surface area contributed by atoms with Crippen LogP contribution in [0.4, 0.5) is 0 Å². The summed E-state index contributed by atoms with van der Waals surface area (Å²) >= 11 is 5.32. The summed E-state index contributed by atoms with van der Waals surface area (Å²) < 4.78 is 1.18. The van der Waals surface area contributed by atoms with Crippen LogP contribution in [0.15, 0.2) is 34.1 Å². The molecule has 0 saturated carbocycles. The van der Waals surface area contributed by atoms with Gasteiger partial charge in [-0.15, -0.1) is 11.3 Å². The normalized spacial score (nSPS) is 12.7. The van der Waals surface area contributed by atoms with Crippen molar-refractivity contribution in [1.82, 2.24) is 5.32 Å². The summed E-state index contributed by atoms with van der Waals surface area (Å²) in [5.41, 5.74) is 4.04. The number of rotatable bonds is 4. The Labute approximate surface area is 121 Å². The van der Waals surface area contributed by atoms with E-state index in [0.29, 0.717) is 6.04 Å². The van der Waals surface area contributed by atoms with Crippen LogP contribution in [0, 0.1) is 13.8 Å². The van der Waals surface area contributed by atoms with Crippen LogP contribution in [0.3, 0.4) is 0 Å². The van der Waals surface area contributed by atoms with Crippen molar-refractivity contribution in [1.29, 1.82) is 0 Å². The van der Waals surface area contributed by atoms with Crippen molar-refractivity contribution in [3.05, 3.63) is 55.7 Å². The van der Waals surface area contributed by atoms with Crippen LogP contribution in [0.2, 0.25) is 0 Å². The van der Waals surface area contributed by atoms with Crippen LogP contribution in [-0.4, -0.2) is 7.05 Å². The molecule has 2 rings (SSSR count). The molecule has 0 aliphatic heterocycles. The molecule has 2 aromatic rings. The lowest BCUT2D eigenvalue weighted by atomic mass is 9.99. The molecule has 18 heavy (non-hydrogen) atoms. The number of hydrogen-bond acceptors (Lipinski definition) is 2. The fourth-order valence-corrected chi connectivity index (χ4v) is 3.76. The van der Waals surface area contributed by atoms with Gasteiger partial charge in [0.15, 0.2) is 0 Å². The third-order valence-corrected chi connectivity index (χ3v) is 4.74. The van der Waals surface area contributed by atoms with Crippen molar-refractivity contribution < 1.29 is 0 Å². The van der Waals surface area contributed by atoms with Gasteiger partial charge in [-0.3, -0.25) is 0 Å². The highest BCUT2D eigenvalue weighted by molar-refractivity contribution is 9.10. The van der Waals surface area contributed by atoms with E-state index in [0.717, 1.165) is 6.42 Å². The molecule has 1 aromatic carbocycles. The Morgan fingerprint density at radius 1 is 1.17 bits per heavy atom. The quantitative estimate of drug-likeness (QED) is 0.864. The van der Waals surface area contributed by atoms with Gasteiger partial charge in [0.1, 0.15) is 0 Å². The number of thiophene rings is 1. The Balaban J connectivity index is 2.22. The van der Waals surface area contributed by atoms with Crippen molar-refractivity contribution in [3.8, 4) is 0 Å². The molecule has 0 amide bonds. The fourth-order valence-electron chi connectivity index (χ4n) is 2.26. The number of likely N-dealkylation sites (N-methyl/N-ethyl adjacent to an activating group) is 1. The first-order valence-electron chi connectivity index (χ1n) is 6.07. The van der Waals surface area contributed by atoms with Crippen LogP contribution in [0.5, 0.6) is 0 Å². The monoisotopic (exact) mass is 323 g/mol. The fraction of sp³-hybridized carbons (Fsp3) is 0.333. The largest absolute Gasteiger partial charge is 0.313 e. The zero-order valence-electron chi connectivity index (χ0n) is 11.0. The van der Waals surface area contributed by atoms with E-state index in [2.05, 4.69) is 64.7 Å². The van der Waals surface area contributed by atoms with E-state index in [4.69, 9.17) is 0 Å². The highest BCUT2D eigenvalue weighted by Crippen LogP contribution is 2.26. The van der Waals surface area contributed by atoms with Crippen molar-refractivity contribution >= 4 is 27.3 Å². The Morgan fingerprint density at radius 3 is 2.33 bits per heavy atom. The van der Waals surface area contributed by atoms with E-state index in [1.165, 1.54) is 26.0 Å². The summed E-state index contributed by atoms with van der Waals surface area (Å²) in [6.07, 6.45) is 1.04. The SMILES string of the molecule is CNC(Cc1cc(Br)cs1)c1cc(C)cc(C)c1. The van der Waals surface area contributed by atoms with Gasteiger partial charge in [0, 0.05) is 27.2 Å². The molecule has 0 fully saturated rings. The molecule has 1 N–H and O–H groups in total. The van der Waals surface area contributed by atoms with E-state index >= 15 is 0 Å². The number of aryl methyl sites for hydroxylation is 2.